The van der Waals surface area contributed by atoms with Crippen molar-refractivity contribution in [2.24, 2.45) is 0 Å². The smallest absolute Gasteiger partial charge is 0.260 e. The number of fused-ring (bicyclic) bond motifs is 1. The Morgan fingerprint density at radius 1 is 1.43 bits per heavy atom. The third kappa shape index (κ3) is 3.45. The highest BCUT2D eigenvalue weighted by Crippen LogP contribution is 2.34. The van der Waals surface area contributed by atoms with Crippen LogP contribution in [0.5, 0.6) is 5.75 Å². The predicted molar refractivity (Wildman–Crippen MR) is 100 cm³/mol. The highest BCUT2D eigenvalue weighted by atomic mass is 35.5. The van der Waals surface area contributed by atoms with E-state index in [4.69, 9.17) is 21.1 Å². The summed E-state index contributed by atoms with van der Waals surface area (Å²) in [6.45, 7) is 2.22. The number of ether oxygens (including phenoxy) is 2. The fourth-order valence-electron chi connectivity index (χ4n) is 3.60. The van der Waals surface area contributed by atoms with E-state index >= 15 is 0 Å². The van der Waals surface area contributed by atoms with Crippen molar-refractivity contribution in [3.05, 3.63) is 57.6 Å². The van der Waals surface area contributed by atoms with E-state index in [0.717, 1.165) is 5.56 Å². The molecule has 2 atom stereocenters. The van der Waals surface area contributed by atoms with Crippen molar-refractivity contribution in [2.45, 2.75) is 31.9 Å². The number of hydrogen-bond acceptors (Lipinski definition) is 5. The van der Waals surface area contributed by atoms with E-state index in [9.17, 15) is 14.3 Å². The molecule has 1 N–H and O–H groups in total. The predicted octanol–water partition coefficient (Wildman–Crippen LogP) is 2.72. The first-order valence-corrected chi connectivity index (χ1v) is 9.45. The Balaban J connectivity index is 1.67. The van der Waals surface area contributed by atoms with E-state index in [2.05, 4.69) is 4.98 Å². The van der Waals surface area contributed by atoms with Gasteiger partial charge in [0, 0.05) is 12.8 Å². The Bertz CT molecular complexity index is 906. The molecule has 1 aromatic heterocycles. The summed E-state index contributed by atoms with van der Waals surface area (Å²) in [5.74, 6) is -0.948. The van der Waals surface area contributed by atoms with Crippen molar-refractivity contribution in [3.63, 3.8) is 0 Å². The molecule has 2 aliphatic heterocycles. The van der Waals surface area contributed by atoms with Crippen molar-refractivity contribution in [1.82, 2.24) is 9.88 Å². The minimum atomic E-state index is -0.697. The molecular weight excluding hydrogens is 387 g/mol. The molecule has 0 unspecified atom stereocenters. The summed E-state index contributed by atoms with van der Waals surface area (Å²) in [7, 11) is 0. The van der Waals surface area contributed by atoms with Crippen LogP contribution in [0.25, 0.3) is 0 Å². The number of pyridine rings is 1. The van der Waals surface area contributed by atoms with Crippen LogP contribution in [0.3, 0.4) is 0 Å². The van der Waals surface area contributed by atoms with Gasteiger partial charge in [-0.05, 0) is 48.6 Å². The second-order valence-corrected chi connectivity index (χ2v) is 7.45. The van der Waals surface area contributed by atoms with Gasteiger partial charge in [-0.25, -0.2) is 9.37 Å². The Morgan fingerprint density at radius 2 is 2.25 bits per heavy atom. The normalized spacial score (nSPS) is 22.0. The fraction of sp³-hybridized carbons (Fsp3) is 0.400. The number of aliphatic hydroxyl groups excluding tert-OH is 1. The van der Waals surface area contributed by atoms with Crippen molar-refractivity contribution >= 4 is 17.5 Å². The van der Waals surface area contributed by atoms with Crippen LogP contribution < -0.4 is 4.74 Å². The second kappa shape index (κ2) is 7.66. The summed E-state index contributed by atoms with van der Waals surface area (Å²) >= 11 is 5.82. The number of nitrogens with zero attached hydrogens (tertiary/aromatic N) is 2. The summed E-state index contributed by atoms with van der Waals surface area (Å²) in [5.41, 5.74) is 2.10. The molecule has 0 bridgehead atoms. The highest BCUT2D eigenvalue weighted by Gasteiger charge is 2.38. The number of amides is 1. The van der Waals surface area contributed by atoms with E-state index < -0.39 is 18.0 Å². The molecule has 1 amide bonds. The fourth-order valence-corrected chi connectivity index (χ4v) is 3.71. The maximum Gasteiger partial charge on any atom is 0.260 e. The lowest BCUT2D eigenvalue weighted by atomic mass is 9.95. The minimum absolute atomic E-state index is 0.0389. The number of carbonyl (C=O) groups is 1. The zero-order valence-electron chi connectivity index (χ0n) is 15.3. The van der Waals surface area contributed by atoms with Crippen molar-refractivity contribution < 1.29 is 23.8 Å². The average Bonchev–Trinajstić information content (AvgIpc) is 2.69. The van der Waals surface area contributed by atoms with Crippen LogP contribution >= 0.6 is 11.6 Å². The molecule has 0 saturated carbocycles. The molecule has 1 saturated heterocycles. The Labute approximate surface area is 166 Å². The van der Waals surface area contributed by atoms with Crippen LogP contribution in [0.4, 0.5) is 4.39 Å². The minimum Gasteiger partial charge on any atom is -0.469 e. The number of carbonyl (C=O) groups excluding carboxylic acids is 1. The van der Waals surface area contributed by atoms with Gasteiger partial charge in [0.2, 0.25) is 0 Å². The SMILES string of the molecule is Cc1c(Cc2ccc(Cl)nc2)cc2c(c1F)OCN([C@H]1COCC[C@@H]1O)C2=O. The standard InChI is InChI=1S/C20H20ClFN2O4/c1-11-13(6-12-2-3-17(21)23-8-12)7-14-19(18(11)22)28-10-24(20(14)26)15-9-27-5-4-16(15)25/h2-3,7-8,15-16,25H,4-6,9-10H2,1H3/t15-,16-/m0/s1. The van der Waals surface area contributed by atoms with Gasteiger partial charge in [0.1, 0.15) is 5.15 Å². The molecule has 0 radical (unpaired) electrons. The van der Waals surface area contributed by atoms with Gasteiger partial charge < -0.3 is 14.6 Å². The molecule has 28 heavy (non-hydrogen) atoms. The van der Waals surface area contributed by atoms with Crippen LogP contribution in [-0.4, -0.2) is 53.0 Å². The number of benzene rings is 1. The van der Waals surface area contributed by atoms with Crippen molar-refractivity contribution in [3.8, 4) is 5.75 Å². The summed E-state index contributed by atoms with van der Waals surface area (Å²) in [5, 5.41) is 10.6. The number of aliphatic hydroxyl groups is 1. The topological polar surface area (TPSA) is 71.9 Å². The highest BCUT2D eigenvalue weighted by molar-refractivity contribution is 6.29. The number of rotatable bonds is 3. The largest absolute Gasteiger partial charge is 0.469 e. The summed E-state index contributed by atoms with van der Waals surface area (Å²) in [6, 6.07) is 4.63. The number of hydrogen-bond donors (Lipinski definition) is 1. The molecule has 8 heteroatoms. The first kappa shape index (κ1) is 19.1. The Morgan fingerprint density at radius 3 is 2.96 bits per heavy atom. The van der Waals surface area contributed by atoms with Crippen LogP contribution in [-0.2, 0) is 11.2 Å². The lowest BCUT2D eigenvalue weighted by Gasteiger charge is -2.39. The van der Waals surface area contributed by atoms with Gasteiger partial charge in [0.05, 0.1) is 24.3 Å². The molecule has 2 aromatic rings. The monoisotopic (exact) mass is 406 g/mol. The van der Waals surface area contributed by atoms with Gasteiger partial charge in [-0.2, -0.15) is 0 Å². The van der Waals surface area contributed by atoms with Gasteiger partial charge in [0.15, 0.2) is 18.3 Å². The molecular formula is C20H20ClFN2O4. The number of aromatic nitrogens is 1. The van der Waals surface area contributed by atoms with Crippen molar-refractivity contribution in [2.75, 3.05) is 19.9 Å². The lowest BCUT2D eigenvalue weighted by Crippen LogP contribution is -2.55. The number of halogens is 2. The average molecular weight is 407 g/mol. The third-order valence-corrected chi connectivity index (χ3v) is 5.51. The molecule has 1 aromatic carbocycles. The Kier molecular flexibility index (Phi) is 5.23. The van der Waals surface area contributed by atoms with E-state index in [1.54, 1.807) is 25.3 Å². The summed E-state index contributed by atoms with van der Waals surface area (Å²) < 4.78 is 25.9. The quantitative estimate of drug-likeness (QED) is 0.793. The van der Waals surface area contributed by atoms with Crippen molar-refractivity contribution in [1.29, 1.82) is 0 Å². The van der Waals surface area contributed by atoms with Crippen LogP contribution in [0.1, 0.15) is 33.5 Å². The molecule has 2 aliphatic rings. The molecule has 1 fully saturated rings. The van der Waals surface area contributed by atoms with Crippen LogP contribution in [0.15, 0.2) is 24.4 Å². The maximum absolute atomic E-state index is 14.9. The Hall–Kier alpha value is -2.22. The van der Waals surface area contributed by atoms with Crippen LogP contribution in [0, 0.1) is 12.7 Å². The molecule has 148 valence electrons. The zero-order chi connectivity index (χ0) is 19.8. The van der Waals surface area contributed by atoms with E-state index in [-0.39, 0.29) is 30.6 Å². The van der Waals surface area contributed by atoms with E-state index in [0.29, 0.717) is 35.7 Å². The second-order valence-electron chi connectivity index (χ2n) is 7.06. The lowest BCUT2D eigenvalue weighted by molar-refractivity contribution is -0.0700. The summed E-state index contributed by atoms with van der Waals surface area (Å²) in [6.07, 6.45) is 1.78. The summed E-state index contributed by atoms with van der Waals surface area (Å²) in [4.78, 5) is 18.5. The molecule has 4 rings (SSSR count). The van der Waals surface area contributed by atoms with Gasteiger partial charge in [-0.15, -0.1) is 0 Å². The molecule has 0 spiro atoms. The molecule has 3 heterocycles. The van der Waals surface area contributed by atoms with Gasteiger partial charge >= 0.3 is 0 Å². The van der Waals surface area contributed by atoms with E-state index in [1.807, 2.05) is 6.07 Å². The van der Waals surface area contributed by atoms with Gasteiger partial charge in [0.25, 0.3) is 5.91 Å². The van der Waals surface area contributed by atoms with Gasteiger partial charge in [-0.1, -0.05) is 17.7 Å². The third-order valence-electron chi connectivity index (χ3n) is 5.29. The first-order valence-electron chi connectivity index (χ1n) is 9.07. The zero-order valence-corrected chi connectivity index (χ0v) is 16.1. The first-order chi connectivity index (χ1) is 13.5. The van der Waals surface area contributed by atoms with Crippen LogP contribution in [0.2, 0.25) is 5.15 Å². The maximum atomic E-state index is 14.9. The van der Waals surface area contributed by atoms with E-state index in [1.165, 1.54) is 4.90 Å². The molecule has 6 nitrogen and oxygen atoms in total. The van der Waals surface area contributed by atoms with Gasteiger partial charge in [-0.3, -0.25) is 9.69 Å². The molecule has 0 aliphatic carbocycles.